The lowest BCUT2D eigenvalue weighted by Crippen LogP contribution is -2.25. The van der Waals surface area contributed by atoms with Crippen molar-refractivity contribution in [3.8, 4) is 11.3 Å². The fourth-order valence-electron chi connectivity index (χ4n) is 2.89. The first-order valence-electron chi connectivity index (χ1n) is 8.40. The molecule has 0 fully saturated rings. The standard InChI is InChI=1S/C20H21FN2O/c21-18-9-6-16(7-10-18)19-11-8-17(14-23-19)20(24)22-13-12-15-4-2-1-3-5-15/h4,6-11,14H,1-3,5,12-13H2,(H,22,24). The molecular weight excluding hydrogens is 303 g/mol. The molecule has 0 spiro atoms. The van der Waals surface area contributed by atoms with E-state index in [-0.39, 0.29) is 11.7 Å². The molecule has 3 rings (SSSR count). The predicted octanol–water partition coefficient (Wildman–Crippen LogP) is 4.51. The third kappa shape index (κ3) is 4.28. The predicted molar refractivity (Wildman–Crippen MR) is 93.1 cm³/mol. The third-order valence-corrected chi connectivity index (χ3v) is 4.28. The molecular formula is C20H21FN2O. The molecule has 0 unspecified atom stereocenters. The number of nitrogens with one attached hydrogen (secondary N) is 1. The van der Waals surface area contributed by atoms with Crippen molar-refractivity contribution >= 4 is 5.91 Å². The van der Waals surface area contributed by atoms with Crippen molar-refractivity contribution in [3.63, 3.8) is 0 Å². The maximum atomic E-state index is 12.9. The summed E-state index contributed by atoms with van der Waals surface area (Å²) in [7, 11) is 0. The van der Waals surface area contributed by atoms with Gasteiger partial charge in [0, 0.05) is 18.3 Å². The Bertz CT molecular complexity index is 720. The zero-order valence-corrected chi connectivity index (χ0v) is 13.6. The number of benzene rings is 1. The number of hydrogen-bond acceptors (Lipinski definition) is 2. The Balaban J connectivity index is 1.55. The molecule has 1 aromatic heterocycles. The van der Waals surface area contributed by atoms with Crippen LogP contribution in [-0.2, 0) is 0 Å². The number of allylic oxidation sites excluding steroid dienone is 1. The molecule has 0 saturated heterocycles. The monoisotopic (exact) mass is 324 g/mol. The van der Waals surface area contributed by atoms with Crippen LogP contribution in [-0.4, -0.2) is 17.4 Å². The van der Waals surface area contributed by atoms with E-state index < -0.39 is 0 Å². The molecule has 0 bridgehead atoms. The summed E-state index contributed by atoms with van der Waals surface area (Å²) in [4.78, 5) is 16.5. The molecule has 2 aromatic rings. The minimum Gasteiger partial charge on any atom is -0.352 e. The average Bonchev–Trinajstić information content (AvgIpc) is 2.63. The minimum absolute atomic E-state index is 0.107. The second-order valence-electron chi connectivity index (χ2n) is 6.05. The van der Waals surface area contributed by atoms with Crippen LogP contribution in [0.3, 0.4) is 0 Å². The Hall–Kier alpha value is -2.49. The number of carbonyl (C=O) groups excluding carboxylic acids is 1. The first-order valence-corrected chi connectivity index (χ1v) is 8.40. The van der Waals surface area contributed by atoms with Crippen LogP contribution in [0.4, 0.5) is 4.39 Å². The van der Waals surface area contributed by atoms with E-state index in [0.29, 0.717) is 12.1 Å². The van der Waals surface area contributed by atoms with Gasteiger partial charge in [0.1, 0.15) is 5.82 Å². The fourth-order valence-corrected chi connectivity index (χ4v) is 2.89. The second-order valence-corrected chi connectivity index (χ2v) is 6.05. The Morgan fingerprint density at radius 3 is 2.62 bits per heavy atom. The van der Waals surface area contributed by atoms with Gasteiger partial charge in [-0.15, -0.1) is 0 Å². The van der Waals surface area contributed by atoms with E-state index in [1.165, 1.54) is 30.5 Å². The van der Waals surface area contributed by atoms with Crippen LogP contribution < -0.4 is 5.32 Å². The topological polar surface area (TPSA) is 42.0 Å². The first kappa shape index (κ1) is 16.4. The molecule has 0 radical (unpaired) electrons. The fraction of sp³-hybridized carbons (Fsp3) is 0.300. The largest absolute Gasteiger partial charge is 0.352 e. The van der Waals surface area contributed by atoms with Crippen LogP contribution in [0, 0.1) is 5.82 Å². The summed E-state index contributed by atoms with van der Waals surface area (Å²) >= 11 is 0. The van der Waals surface area contributed by atoms with Crippen molar-refractivity contribution in [3.05, 3.63) is 65.6 Å². The lowest BCUT2D eigenvalue weighted by molar-refractivity contribution is 0.0953. The number of amides is 1. The van der Waals surface area contributed by atoms with Gasteiger partial charge < -0.3 is 5.32 Å². The molecule has 3 nitrogen and oxygen atoms in total. The zero-order chi connectivity index (χ0) is 16.8. The lowest BCUT2D eigenvalue weighted by Gasteiger charge is -2.13. The number of nitrogens with zero attached hydrogens (tertiary/aromatic N) is 1. The summed E-state index contributed by atoms with van der Waals surface area (Å²) in [5.74, 6) is -0.382. The summed E-state index contributed by atoms with van der Waals surface area (Å²) in [6, 6.07) is 9.69. The third-order valence-electron chi connectivity index (χ3n) is 4.28. The van der Waals surface area contributed by atoms with Crippen LogP contribution >= 0.6 is 0 Å². The van der Waals surface area contributed by atoms with Gasteiger partial charge in [-0.2, -0.15) is 0 Å². The quantitative estimate of drug-likeness (QED) is 0.822. The highest BCUT2D eigenvalue weighted by atomic mass is 19.1. The number of pyridine rings is 1. The normalized spacial score (nSPS) is 14.1. The molecule has 0 saturated carbocycles. The maximum absolute atomic E-state index is 12.9. The van der Waals surface area contributed by atoms with E-state index in [4.69, 9.17) is 0 Å². The van der Waals surface area contributed by atoms with Gasteiger partial charge in [-0.05, 0) is 68.5 Å². The van der Waals surface area contributed by atoms with Gasteiger partial charge in [-0.1, -0.05) is 11.6 Å². The average molecular weight is 324 g/mol. The number of aromatic nitrogens is 1. The zero-order valence-electron chi connectivity index (χ0n) is 13.6. The van der Waals surface area contributed by atoms with Gasteiger partial charge >= 0.3 is 0 Å². The smallest absolute Gasteiger partial charge is 0.252 e. The van der Waals surface area contributed by atoms with Crippen LogP contribution in [0.15, 0.2) is 54.2 Å². The molecule has 1 heterocycles. The molecule has 1 aliphatic rings. The van der Waals surface area contributed by atoms with Crippen molar-refractivity contribution < 1.29 is 9.18 Å². The van der Waals surface area contributed by atoms with E-state index in [1.54, 1.807) is 30.5 Å². The van der Waals surface area contributed by atoms with Crippen LogP contribution in [0.5, 0.6) is 0 Å². The molecule has 1 aliphatic carbocycles. The number of rotatable bonds is 5. The minimum atomic E-state index is -0.275. The van der Waals surface area contributed by atoms with Crippen molar-refractivity contribution in [2.45, 2.75) is 32.1 Å². The van der Waals surface area contributed by atoms with Crippen LogP contribution in [0.2, 0.25) is 0 Å². The summed E-state index contributed by atoms with van der Waals surface area (Å²) in [5.41, 5.74) is 3.54. The lowest BCUT2D eigenvalue weighted by atomic mass is 9.97. The Kier molecular flexibility index (Phi) is 5.36. The molecule has 24 heavy (non-hydrogen) atoms. The molecule has 4 heteroatoms. The molecule has 1 aromatic carbocycles. The van der Waals surface area contributed by atoms with E-state index in [2.05, 4.69) is 16.4 Å². The second kappa shape index (κ2) is 7.86. The van der Waals surface area contributed by atoms with Gasteiger partial charge in [-0.25, -0.2) is 4.39 Å². The highest BCUT2D eigenvalue weighted by Crippen LogP contribution is 2.20. The first-order chi connectivity index (χ1) is 11.7. The maximum Gasteiger partial charge on any atom is 0.252 e. The van der Waals surface area contributed by atoms with E-state index in [1.807, 2.05) is 0 Å². The van der Waals surface area contributed by atoms with Gasteiger partial charge in [-0.3, -0.25) is 9.78 Å². The number of halogens is 1. The van der Waals surface area contributed by atoms with E-state index in [0.717, 1.165) is 30.5 Å². The molecule has 0 atom stereocenters. The van der Waals surface area contributed by atoms with Crippen molar-refractivity contribution in [1.29, 1.82) is 0 Å². The Morgan fingerprint density at radius 1 is 1.12 bits per heavy atom. The van der Waals surface area contributed by atoms with Crippen molar-refractivity contribution in [2.75, 3.05) is 6.54 Å². The highest BCUT2D eigenvalue weighted by molar-refractivity contribution is 5.94. The van der Waals surface area contributed by atoms with Crippen molar-refractivity contribution in [2.24, 2.45) is 0 Å². The van der Waals surface area contributed by atoms with Gasteiger partial charge in [0.2, 0.25) is 0 Å². The van der Waals surface area contributed by atoms with Crippen LogP contribution in [0.25, 0.3) is 11.3 Å². The Morgan fingerprint density at radius 2 is 1.96 bits per heavy atom. The van der Waals surface area contributed by atoms with Gasteiger partial charge in [0.15, 0.2) is 0 Å². The SMILES string of the molecule is O=C(NCCC1=CCCCC1)c1ccc(-c2ccc(F)cc2)nc1. The molecule has 0 aliphatic heterocycles. The molecule has 124 valence electrons. The van der Waals surface area contributed by atoms with E-state index >= 15 is 0 Å². The number of hydrogen-bond donors (Lipinski definition) is 1. The Labute approximate surface area is 141 Å². The van der Waals surface area contributed by atoms with Gasteiger partial charge in [0.25, 0.3) is 5.91 Å². The molecule has 1 amide bonds. The highest BCUT2D eigenvalue weighted by Gasteiger charge is 2.08. The van der Waals surface area contributed by atoms with Gasteiger partial charge in [0.05, 0.1) is 11.3 Å². The number of carbonyl (C=O) groups is 1. The summed E-state index contributed by atoms with van der Waals surface area (Å²) < 4.78 is 12.9. The van der Waals surface area contributed by atoms with Crippen molar-refractivity contribution in [1.82, 2.24) is 10.3 Å². The van der Waals surface area contributed by atoms with Crippen LogP contribution in [0.1, 0.15) is 42.5 Å². The summed E-state index contributed by atoms with van der Waals surface area (Å²) in [5, 5.41) is 2.94. The van der Waals surface area contributed by atoms with E-state index in [9.17, 15) is 9.18 Å². The summed E-state index contributed by atoms with van der Waals surface area (Å²) in [6.45, 7) is 0.657. The molecule has 1 N–H and O–H groups in total. The summed E-state index contributed by atoms with van der Waals surface area (Å²) in [6.07, 6.45) is 9.65.